The van der Waals surface area contributed by atoms with Crippen molar-refractivity contribution in [3.05, 3.63) is 29.0 Å². The van der Waals surface area contributed by atoms with Crippen LogP contribution in [0.1, 0.15) is 19.4 Å². The maximum Gasteiger partial charge on any atom is 0.129 e. The Hall–Kier alpha value is -0.670. The van der Waals surface area contributed by atoms with E-state index in [2.05, 4.69) is 4.98 Å². The van der Waals surface area contributed by atoms with Crippen molar-refractivity contribution in [1.82, 2.24) is 4.98 Å². The van der Waals surface area contributed by atoms with E-state index in [1.54, 1.807) is 12.3 Å². The third-order valence-electron chi connectivity index (χ3n) is 2.71. The Morgan fingerprint density at radius 1 is 1.60 bits per heavy atom. The average Bonchev–Trinajstić information content (AvgIpc) is 2.21. The molecule has 1 atom stereocenters. The fourth-order valence-electron chi connectivity index (χ4n) is 1.38. The highest BCUT2D eigenvalue weighted by Crippen LogP contribution is 2.28. The summed E-state index contributed by atoms with van der Waals surface area (Å²) in [6.07, 6.45) is 3.37. The number of hydrogen-bond donors (Lipinski definition) is 1. The Balaban J connectivity index is 2.89. The summed E-state index contributed by atoms with van der Waals surface area (Å²) in [5.74, 6) is -0.133. The first-order valence-corrected chi connectivity index (χ1v) is 5.35. The first-order chi connectivity index (χ1) is 6.99. The van der Waals surface area contributed by atoms with Gasteiger partial charge in [0.05, 0.1) is 5.02 Å². The zero-order valence-corrected chi connectivity index (χ0v) is 9.76. The second-order valence-electron chi connectivity index (χ2n) is 4.04. The van der Waals surface area contributed by atoms with Crippen LogP contribution in [0.3, 0.4) is 0 Å². The van der Waals surface area contributed by atoms with Gasteiger partial charge in [-0.2, -0.15) is 0 Å². The Bertz CT molecular complexity index is 330. The van der Waals surface area contributed by atoms with E-state index in [-0.39, 0.29) is 18.9 Å². The first kappa shape index (κ1) is 12.4. The zero-order valence-electron chi connectivity index (χ0n) is 9.00. The summed E-state index contributed by atoms with van der Waals surface area (Å²) in [4.78, 5) is 3.86. The molecule has 2 N–H and O–H groups in total. The van der Waals surface area contributed by atoms with Crippen molar-refractivity contribution in [2.45, 2.75) is 25.9 Å². The number of alkyl halides is 1. The lowest BCUT2D eigenvalue weighted by atomic mass is 9.86. The predicted octanol–water partition coefficient (Wildman–Crippen LogP) is 2.60. The van der Waals surface area contributed by atoms with Gasteiger partial charge in [-0.15, -0.1) is 0 Å². The van der Waals surface area contributed by atoms with Crippen LogP contribution in [0, 0.1) is 5.92 Å². The predicted molar refractivity (Wildman–Crippen MR) is 60.7 cm³/mol. The Labute approximate surface area is 94.6 Å². The van der Waals surface area contributed by atoms with E-state index in [9.17, 15) is 4.39 Å². The molecule has 0 fully saturated rings. The number of halogens is 2. The Kier molecular flexibility index (Phi) is 4.05. The van der Waals surface area contributed by atoms with E-state index >= 15 is 0 Å². The maximum atomic E-state index is 14.3. The van der Waals surface area contributed by atoms with Crippen molar-refractivity contribution >= 4 is 11.6 Å². The summed E-state index contributed by atoms with van der Waals surface area (Å²) in [6, 6.07) is 1.73. The van der Waals surface area contributed by atoms with Gasteiger partial charge in [0.1, 0.15) is 5.67 Å². The summed E-state index contributed by atoms with van der Waals surface area (Å²) in [7, 11) is 0. The van der Waals surface area contributed by atoms with Crippen molar-refractivity contribution in [2.75, 3.05) is 6.54 Å². The second-order valence-corrected chi connectivity index (χ2v) is 4.44. The molecule has 0 amide bonds. The normalized spacial score (nSPS) is 15.3. The van der Waals surface area contributed by atoms with Crippen LogP contribution < -0.4 is 5.73 Å². The minimum absolute atomic E-state index is 0.00329. The Morgan fingerprint density at radius 3 is 2.73 bits per heavy atom. The molecule has 0 saturated heterocycles. The lowest BCUT2D eigenvalue weighted by molar-refractivity contribution is 0.110. The minimum Gasteiger partial charge on any atom is -0.328 e. The molecule has 0 bridgehead atoms. The van der Waals surface area contributed by atoms with Crippen molar-refractivity contribution < 1.29 is 4.39 Å². The SMILES string of the molecule is CC(C)C(F)(CN)Cc1ccncc1Cl. The van der Waals surface area contributed by atoms with Crippen LogP contribution in [0.2, 0.25) is 5.02 Å². The second kappa shape index (κ2) is 4.90. The van der Waals surface area contributed by atoms with E-state index < -0.39 is 5.67 Å². The van der Waals surface area contributed by atoms with Gasteiger partial charge < -0.3 is 5.73 Å². The van der Waals surface area contributed by atoms with Gasteiger partial charge >= 0.3 is 0 Å². The van der Waals surface area contributed by atoms with E-state index in [0.29, 0.717) is 5.02 Å². The van der Waals surface area contributed by atoms with Crippen molar-refractivity contribution in [1.29, 1.82) is 0 Å². The maximum absolute atomic E-state index is 14.3. The van der Waals surface area contributed by atoms with Crippen molar-refractivity contribution in [3.8, 4) is 0 Å². The molecule has 0 spiro atoms. The summed E-state index contributed by atoms with van der Waals surface area (Å²) >= 11 is 5.92. The van der Waals surface area contributed by atoms with E-state index in [4.69, 9.17) is 17.3 Å². The Morgan fingerprint density at radius 2 is 2.27 bits per heavy atom. The van der Waals surface area contributed by atoms with Gasteiger partial charge in [0, 0.05) is 25.4 Å². The highest BCUT2D eigenvalue weighted by atomic mass is 35.5. The minimum atomic E-state index is -1.40. The van der Waals surface area contributed by atoms with Crippen LogP contribution in [0.5, 0.6) is 0 Å². The molecule has 1 heterocycles. The molecule has 0 saturated carbocycles. The average molecular weight is 231 g/mol. The molecular formula is C11H16ClFN2. The topological polar surface area (TPSA) is 38.9 Å². The van der Waals surface area contributed by atoms with E-state index in [0.717, 1.165) is 5.56 Å². The monoisotopic (exact) mass is 230 g/mol. The van der Waals surface area contributed by atoms with Crippen molar-refractivity contribution in [3.63, 3.8) is 0 Å². The van der Waals surface area contributed by atoms with Gasteiger partial charge in [-0.25, -0.2) is 4.39 Å². The third kappa shape index (κ3) is 2.89. The number of pyridine rings is 1. The molecule has 84 valence electrons. The van der Waals surface area contributed by atoms with Crippen molar-refractivity contribution in [2.24, 2.45) is 11.7 Å². The number of nitrogens with two attached hydrogens (primary N) is 1. The number of hydrogen-bond acceptors (Lipinski definition) is 2. The number of aromatic nitrogens is 1. The van der Waals surface area contributed by atoms with Crippen LogP contribution in [0.25, 0.3) is 0 Å². The molecular weight excluding hydrogens is 215 g/mol. The molecule has 0 aliphatic heterocycles. The lowest BCUT2D eigenvalue weighted by Crippen LogP contribution is -2.40. The molecule has 1 unspecified atom stereocenters. The molecule has 2 nitrogen and oxygen atoms in total. The smallest absolute Gasteiger partial charge is 0.129 e. The summed E-state index contributed by atoms with van der Waals surface area (Å²) < 4.78 is 14.3. The van der Waals surface area contributed by atoms with Gasteiger partial charge in [-0.05, 0) is 17.5 Å². The fourth-order valence-corrected chi connectivity index (χ4v) is 1.56. The zero-order chi connectivity index (χ0) is 11.5. The van der Waals surface area contributed by atoms with Gasteiger partial charge in [0.25, 0.3) is 0 Å². The first-order valence-electron chi connectivity index (χ1n) is 4.97. The highest BCUT2D eigenvalue weighted by molar-refractivity contribution is 6.31. The van der Waals surface area contributed by atoms with E-state index in [1.165, 1.54) is 6.20 Å². The lowest BCUT2D eigenvalue weighted by Gasteiger charge is -2.28. The van der Waals surface area contributed by atoms with Crippen LogP contribution in [0.15, 0.2) is 18.5 Å². The molecule has 0 radical (unpaired) electrons. The van der Waals surface area contributed by atoms with Gasteiger partial charge in [0.15, 0.2) is 0 Å². The van der Waals surface area contributed by atoms with Gasteiger partial charge in [-0.1, -0.05) is 25.4 Å². The van der Waals surface area contributed by atoms with Crippen LogP contribution in [-0.2, 0) is 6.42 Å². The highest BCUT2D eigenvalue weighted by Gasteiger charge is 2.32. The number of rotatable bonds is 4. The summed E-state index contributed by atoms with van der Waals surface area (Å²) in [5.41, 5.74) is 4.83. The molecule has 0 aromatic carbocycles. The van der Waals surface area contributed by atoms with Crippen LogP contribution >= 0.6 is 11.6 Å². The summed E-state index contributed by atoms with van der Waals surface area (Å²) in [5, 5.41) is 0.494. The molecule has 15 heavy (non-hydrogen) atoms. The van der Waals surface area contributed by atoms with E-state index in [1.807, 2.05) is 13.8 Å². The largest absolute Gasteiger partial charge is 0.328 e. The fraction of sp³-hybridized carbons (Fsp3) is 0.545. The van der Waals surface area contributed by atoms with Crippen LogP contribution in [-0.4, -0.2) is 17.2 Å². The summed E-state index contributed by atoms with van der Waals surface area (Å²) in [6.45, 7) is 3.65. The van der Waals surface area contributed by atoms with Gasteiger partial charge in [0.2, 0.25) is 0 Å². The molecule has 0 aliphatic rings. The third-order valence-corrected chi connectivity index (χ3v) is 3.06. The molecule has 0 aliphatic carbocycles. The molecule has 4 heteroatoms. The molecule has 1 aromatic heterocycles. The quantitative estimate of drug-likeness (QED) is 0.864. The molecule has 1 aromatic rings. The van der Waals surface area contributed by atoms with Gasteiger partial charge in [-0.3, -0.25) is 4.98 Å². The van der Waals surface area contributed by atoms with Crippen LogP contribution in [0.4, 0.5) is 4.39 Å². The number of nitrogens with zero attached hydrogens (tertiary/aromatic N) is 1. The standard InChI is InChI=1S/C11H16ClFN2/c1-8(2)11(13,7-14)5-9-3-4-15-6-10(9)12/h3-4,6,8H,5,7,14H2,1-2H3. The molecule has 1 rings (SSSR count).